The molecule has 2 fully saturated rings. The lowest BCUT2D eigenvalue weighted by Gasteiger charge is -2.21. The minimum atomic E-state index is 0.516. The number of anilines is 2. The molecule has 2 aliphatic heterocycles. The Balaban J connectivity index is 1.62. The second-order valence-corrected chi connectivity index (χ2v) is 6.57. The van der Waals surface area contributed by atoms with Gasteiger partial charge in [-0.15, -0.1) is 0 Å². The SMILES string of the molecule is Nc1nsc(NC2CCN3CCCC23)c1-c1cccnc1. The molecule has 0 spiro atoms. The highest BCUT2D eigenvalue weighted by Gasteiger charge is 2.37. The molecule has 3 N–H and O–H groups in total. The van der Waals surface area contributed by atoms with Crippen LogP contribution in [0.1, 0.15) is 19.3 Å². The molecule has 6 heteroatoms. The highest BCUT2D eigenvalue weighted by Crippen LogP contribution is 2.39. The summed E-state index contributed by atoms with van der Waals surface area (Å²) in [4.78, 5) is 6.80. The van der Waals surface area contributed by atoms with Crippen molar-refractivity contribution in [3.8, 4) is 11.1 Å². The number of pyridine rings is 1. The summed E-state index contributed by atoms with van der Waals surface area (Å²) in [5, 5.41) is 4.79. The van der Waals surface area contributed by atoms with E-state index in [1.54, 1.807) is 6.20 Å². The zero-order chi connectivity index (χ0) is 14.2. The van der Waals surface area contributed by atoms with Crippen LogP contribution in [0.25, 0.3) is 11.1 Å². The van der Waals surface area contributed by atoms with E-state index < -0.39 is 0 Å². The summed E-state index contributed by atoms with van der Waals surface area (Å²) in [6.07, 6.45) is 7.45. The predicted octanol–water partition coefficient (Wildman–Crippen LogP) is 2.44. The van der Waals surface area contributed by atoms with E-state index in [4.69, 9.17) is 5.73 Å². The van der Waals surface area contributed by atoms with Gasteiger partial charge in [0.05, 0.1) is 5.56 Å². The first-order valence-electron chi connectivity index (χ1n) is 7.49. The number of aromatic nitrogens is 2. The molecule has 4 rings (SSSR count). The van der Waals surface area contributed by atoms with Gasteiger partial charge in [0, 0.05) is 36.6 Å². The fraction of sp³-hybridized carbons (Fsp3) is 0.467. The molecule has 2 aromatic heterocycles. The lowest BCUT2D eigenvalue weighted by Crippen LogP contribution is -2.33. The molecule has 2 aromatic rings. The third kappa shape index (κ3) is 2.28. The minimum Gasteiger partial charge on any atom is -0.382 e. The lowest BCUT2D eigenvalue weighted by atomic mass is 10.1. The third-order valence-electron chi connectivity index (χ3n) is 4.59. The van der Waals surface area contributed by atoms with Gasteiger partial charge in [-0.1, -0.05) is 6.07 Å². The summed E-state index contributed by atoms with van der Waals surface area (Å²) in [6, 6.07) is 5.16. The van der Waals surface area contributed by atoms with Crippen LogP contribution in [0.4, 0.5) is 10.8 Å². The van der Waals surface area contributed by atoms with Crippen LogP contribution >= 0.6 is 11.5 Å². The van der Waals surface area contributed by atoms with E-state index in [0.717, 1.165) is 16.1 Å². The van der Waals surface area contributed by atoms with Gasteiger partial charge in [0.2, 0.25) is 0 Å². The zero-order valence-electron chi connectivity index (χ0n) is 11.8. The third-order valence-corrected chi connectivity index (χ3v) is 5.38. The lowest BCUT2D eigenvalue weighted by molar-refractivity contribution is 0.318. The van der Waals surface area contributed by atoms with E-state index in [1.165, 1.54) is 43.9 Å². The van der Waals surface area contributed by atoms with Crippen molar-refractivity contribution in [1.29, 1.82) is 0 Å². The molecular weight excluding hydrogens is 282 g/mol. The van der Waals surface area contributed by atoms with Crippen molar-refractivity contribution in [3.63, 3.8) is 0 Å². The fourth-order valence-corrected chi connectivity index (χ4v) is 4.41. The molecule has 0 aliphatic carbocycles. The van der Waals surface area contributed by atoms with E-state index in [9.17, 15) is 0 Å². The number of nitrogens with two attached hydrogens (primary N) is 1. The van der Waals surface area contributed by atoms with Gasteiger partial charge in [0.25, 0.3) is 0 Å². The summed E-state index contributed by atoms with van der Waals surface area (Å²) in [5.74, 6) is 0.594. The van der Waals surface area contributed by atoms with E-state index in [-0.39, 0.29) is 0 Å². The van der Waals surface area contributed by atoms with Crippen molar-refractivity contribution in [2.24, 2.45) is 0 Å². The number of hydrogen-bond donors (Lipinski definition) is 2. The average Bonchev–Trinajstić information content (AvgIpc) is 3.18. The Hall–Kier alpha value is -1.66. The first-order valence-corrected chi connectivity index (χ1v) is 8.26. The van der Waals surface area contributed by atoms with Crippen molar-refractivity contribution in [3.05, 3.63) is 24.5 Å². The zero-order valence-corrected chi connectivity index (χ0v) is 12.6. The first-order chi connectivity index (χ1) is 10.3. The Kier molecular flexibility index (Phi) is 3.27. The Morgan fingerprint density at radius 1 is 1.33 bits per heavy atom. The van der Waals surface area contributed by atoms with Crippen LogP contribution in [0.3, 0.4) is 0 Å². The minimum absolute atomic E-state index is 0.516. The quantitative estimate of drug-likeness (QED) is 0.911. The molecule has 5 nitrogen and oxygen atoms in total. The van der Waals surface area contributed by atoms with Crippen LogP contribution in [0.15, 0.2) is 24.5 Å². The fourth-order valence-electron chi connectivity index (χ4n) is 3.61. The molecule has 2 unspecified atom stereocenters. The Bertz CT molecular complexity index is 626. The predicted molar refractivity (Wildman–Crippen MR) is 86.4 cm³/mol. The van der Waals surface area contributed by atoms with E-state index in [1.807, 2.05) is 18.3 Å². The van der Waals surface area contributed by atoms with Gasteiger partial charge in [-0.25, -0.2) is 0 Å². The molecule has 0 amide bonds. The standard InChI is InChI=1S/C15H19N5S/c16-14-13(10-3-1-6-17-9-10)15(21-19-14)18-11-5-8-20-7-2-4-12(11)20/h1,3,6,9,11-12,18H,2,4-5,7-8H2,(H2,16,19). The highest BCUT2D eigenvalue weighted by molar-refractivity contribution is 7.11. The summed E-state index contributed by atoms with van der Waals surface area (Å²) in [6.45, 7) is 2.46. The average molecular weight is 301 g/mol. The second kappa shape index (κ2) is 5.27. The monoisotopic (exact) mass is 301 g/mol. The normalized spacial score (nSPS) is 25.1. The Morgan fingerprint density at radius 3 is 3.14 bits per heavy atom. The van der Waals surface area contributed by atoms with Gasteiger partial charge in [-0.05, 0) is 43.4 Å². The topological polar surface area (TPSA) is 67.1 Å². The summed E-state index contributed by atoms with van der Waals surface area (Å²) in [7, 11) is 0. The van der Waals surface area contributed by atoms with Crippen molar-refractivity contribution in [2.75, 3.05) is 24.1 Å². The smallest absolute Gasteiger partial charge is 0.147 e. The highest BCUT2D eigenvalue weighted by atomic mass is 32.1. The van der Waals surface area contributed by atoms with Crippen molar-refractivity contribution < 1.29 is 0 Å². The van der Waals surface area contributed by atoms with Crippen LogP contribution in [0.2, 0.25) is 0 Å². The molecule has 110 valence electrons. The van der Waals surface area contributed by atoms with Crippen LogP contribution in [-0.4, -0.2) is 39.4 Å². The van der Waals surface area contributed by atoms with Gasteiger partial charge in [0.1, 0.15) is 10.8 Å². The first kappa shape index (κ1) is 13.0. The largest absolute Gasteiger partial charge is 0.382 e. The molecule has 4 heterocycles. The molecule has 2 saturated heterocycles. The van der Waals surface area contributed by atoms with Gasteiger partial charge < -0.3 is 11.1 Å². The van der Waals surface area contributed by atoms with Crippen LogP contribution in [0, 0.1) is 0 Å². The number of rotatable bonds is 3. The van der Waals surface area contributed by atoms with E-state index in [0.29, 0.717) is 17.9 Å². The number of nitrogens with one attached hydrogen (secondary N) is 1. The molecule has 21 heavy (non-hydrogen) atoms. The van der Waals surface area contributed by atoms with Gasteiger partial charge >= 0.3 is 0 Å². The molecule has 2 atom stereocenters. The van der Waals surface area contributed by atoms with Crippen LogP contribution in [0.5, 0.6) is 0 Å². The Morgan fingerprint density at radius 2 is 2.29 bits per heavy atom. The van der Waals surface area contributed by atoms with E-state index in [2.05, 4.69) is 19.6 Å². The Labute approximate surface area is 128 Å². The van der Waals surface area contributed by atoms with Gasteiger partial charge in [0.15, 0.2) is 0 Å². The van der Waals surface area contributed by atoms with Crippen LogP contribution in [-0.2, 0) is 0 Å². The van der Waals surface area contributed by atoms with Crippen molar-refractivity contribution >= 4 is 22.4 Å². The number of nitrogen functional groups attached to an aromatic ring is 1. The second-order valence-electron chi connectivity index (χ2n) is 5.80. The number of fused-ring (bicyclic) bond motifs is 1. The summed E-state index contributed by atoms with van der Waals surface area (Å²) < 4.78 is 4.34. The van der Waals surface area contributed by atoms with Gasteiger partial charge in [-0.3, -0.25) is 9.88 Å². The molecule has 0 saturated carbocycles. The summed E-state index contributed by atoms with van der Waals surface area (Å²) in [5.41, 5.74) is 8.11. The van der Waals surface area contributed by atoms with Crippen LogP contribution < -0.4 is 11.1 Å². The summed E-state index contributed by atoms with van der Waals surface area (Å²) >= 11 is 1.46. The number of hydrogen-bond acceptors (Lipinski definition) is 6. The number of nitrogens with zero attached hydrogens (tertiary/aromatic N) is 3. The molecule has 0 bridgehead atoms. The van der Waals surface area contributed by atoms with E-state index >= 15 is 0 Å². The molecule has 0 radical (unpaired) electrons. The molecular formula is C15H19N5S. The van der Waals surface area contributed by atoms with Crippen molar-refractivity contribution in [2.45, 2.75) is 31.3 Å². The molecule has 2 aliphatic rings. The van der Waals surface area contributed by atoms with Crippen molar-refractivity contribution in [1.82, 2.24) is 14.3 Å². The maximum atomic E-state index is 6.08. The maximum absolute atomic E-state index is 6.08. The van der Waals surface area contributed by atoms with Gasteiger partial charge in [-0.2, -0.15) is 4.37 Å². The maximum Gasteiger partial charge on any atom is 0.147 e. The molecule has 0 aromatic carbocycles.